The van der Waals surface area contributed by atoms with Gasteiger partial charge in [0.1, 0.15) is 26.9 Å². The summed E-state index contributed by atoms with van der Waals surface area (Å²) in [6, 6.07) is 0. The van der Waals surface area contributed by atoms with Gasteiger partial charge in [0.2, 0.25) is 22.4 Å². The molecule has 0 N–H and O–H groups in total. The fourth-order valence-electron chi connectivity index (χ4n) is 4.48. The lowest BCUT2D eigenvalue weighted by atomic mass is 10.0. The van der Waals surface area contributed by atoms with E-state index in [-0.39, 0.29) is 11.9 Å². The van der Waals surface area contributed by atoms with Crippen LogP contribution in [0, 0.1) is 0 Å². The van der Waals surface area contributed by atoms with E-state index in [4.69, 9.17) is 9.47 Å². The van der Waals surface area contributed by atoms with Crippen molar-refractivity contribution in [3.8, 4) is 0 Å². The second-order valence-electron chi connectivity index (χ2n) is 9.41. The highest BCUT2D eigenvalue weighted by molar-refractivity contribution is 7.09. The Kier molecular flexibility index (Phi) is 14.9. The Balaban J connectivity index is 1.49. The average Bonchev–Trinajstić information content (AvgIpc) is 3.37. The smallest absolute Gasteiger partial charge is 0.316 e. The molecule has 0 radical (unpaired) electrons. The topological polar surface area (TPSA) is 60.4 Å². The number of esters is 2. The summed E-state index contributed by atoms with van der Waals surface area (Å²) in [5.74, 6) is -0.265. The Bertz CT molecular complexity index is 849. The summed E-state index contributed by atoms with van der Waals surface area (Å²) >= 11 is 3.51. The molecule has 0 aliphatic rings. The van der Waals surface area contributed by atoms with E-state index in [9.17, 15) is 9.59 Å². The van der Waals surface area contributed by atoms with Gasteiger partial charge in [-0.15, -0.1) is 0 Å². The van der Waals surface area contributed by atoms with E-state index >= 15 is 0 Å². The summed E-state index contributed by atoms with van der Waals surface area (Å²) < 4.78 is 14.4. The molecule has 0 atom stereocenters. The maximum atomic E-state index is 11.9. The molecule has 8 heteroatoms. The minimum absolute atomic E-state index is 0.132. The van der Waals surface area contributed by atoms with Crippen molar-refractivity contribution in [2.45, 2.75) is 104 Å². The number of ether oxygens (including phenoxy) is 2. The third-order valence-corrected chi connectivity index (χ3v) is 8.79. The molecule has 0 spiro atoms. The molecule has 0 aromatic carbocycles. The van der Waals surface area contributed by atoms with Crippen LogP contribution in [-0.2, 0) is 58.8 Å². The van der Waals surface area contributed by atoms with Gasteiger partial charge < -0.3 is 9.47 Å². The molecule has 36 heavy (non-hydrogen) atoms. The van der Waals surface area contributed by atoms with E-state index < -0.39 is 0 Å². The number of aryl methyl sites for hydroxylation is 4. The van der Waals surface area contributed by atoms with Crippen molar-refractivity contribution in [3.63, 3.8) is 0 Å². The lowest BCUT2D eigenvalue weighted by Gasteiger charge is -2.04. The molecule has 0 amide bonds. The number of rotatable bonds is 19. The summed E-state index contributed by atoms with van der Waals surface area (Å²) in [6.07, 6.45) is 15.6. The number of nitrogens with zero attached hydrogens (tertiary/aromatic N) is 2. The summed E-state index contributed by atoms with van der Waals surface area (Å²) in [5, 5.41) is 0. The lowest BCUT2D eigenvalue weighted by Crippen LogP contribution is -2.32. The Morgan fingerprint density at radius 2 is 0.972 bits per heavy atom. The molecular formula is C28H46N2O4S2+2. The van der Waals surface area contributed by atoms with Crippen molar-refractivity contribution in [3.05, 3.63) is 32.2 Å². The second-order valence-corrected chi connectivity index (χ2v) is 11.3. The zero-order valence-electron chi connectivity index (χ0n) is 22.8. The highest BCUT2D eigenvalue weighted by Gasteiger charge is 2.21. The standard InChI is InChI=1S/C28H46N2O4S2/c1-5-33-27(31)19-23-25(35-21-29(23)3)17-15-13-11-9-7-8-10-12-14-16-18-26-24(30(4)22-36-26)20-28(32)34-6-2/h21-22H,5-20H2,1-4H3/q+2. The average molecular weight is 539 g/mol. The van der Waals surface area contributed by atoms with Crippen molar-refractivity contribution in [2.75, 3.05) is 13.2 Å². The van der Waals surface area contributed by atoms with Crippen molar-refractivity contribution >= 4 is 34.6 Å². The predicted molar refractivity (Wildman–Crippen MR) is 145 cm³/mol. The van der Waals surface area contributed by atoms with E-state index in [0.29, 0.717) is 26.1 Å². The maximum Gasteiger partial charge on any atom is 0.316 e. The number of hydrogen-bond acceptors (Lipinski definition) is 6. The molecule has 2 heterocycles. The molecule has 0 bridgehead atoms. The number of unbranched alkanes of at least 4 members (excludes halogenated alkanes) is 9. The molecule has 2 rings (SSSR count). The first-order chi connectivity index (χ1) is 17.5. The van der Waals surface area contributed by atoms with Crippen molar-refractivity contribution in [2.24, 2.45) is 14.1 Å². The van der Waals surface area contributed by atoms with Gasteiger partial charge in [-0.1, -0.05) is 74.0 Å². The van der Waals surface area contributed by atoms with Crippen LogP contribution in [0.2, 0.25) is 0 Å². The summed E-state index contributed by atoms with van der Waals surface area (Å²) in [7, 11) is 4.03. The fraction of sp³-hybridized carbons (Fsp3) is 0.714. The van der Waals surface area contributed by atoms with E-state index in [2.05, 4.69) is 20.2 Å². The molecule has 0 unspecified atom stereocenters. The van der Waals surface area contributed by atoms with Crippen LogP contribution < -0.4 is 9.13 Å². The number of carbonyl (C=O) groups excluding carboxylic acids is 2. The van der Waals surface area contributed by atoms with Gasteiger partial charge in [0.05, 0.1) is 23.0 Å². The third-order valence-electron chi connectivity index (χ3n) is 6.49. The van der Waals surface area contributed by atoms with Gasteiger partial charge in [-0.25, -0.2) is 0 Å². The van der Waals surface area contributed by atoms with Crippen LogP contribution in [0.1, 0.15) is 99.2 Å². The van der Waals surface area contributed by atoms with Gasteiger partial charge in [0.15, 0.2) is 0 Å². The van der Waals surface area contributed by atoms with Crippen LogP contribution in [0.3, 0.4) is 0 Å². The van der Waals surface area contributed by atoms with Crippen molar-refractivity contribution < 1.29 is 28.2 Å². The van der Waals surface area contributed by atoms with Crippen LogP contribution in [0.4, 0.5) is 0 Å². The quantitative estimate of drug-likeness (QED) is 0.137. The van der Waals surface area contributed by atoms with Crippen LogP contribution in [0.5, 0.6) is 0 Å². The van der Waals surface area contributed by atoms with E-state index in [0.717, 1.165) is 24.2 Å². The second kappa shape index (κ2) is 17.6. The van der Waals surface area contributed by atoms with Gasteiger partial charge in [0, 0.05) is 0 Å². The minimum atomic E-state index is -0.132. The number of aromatic nitrogens is 2. The van der Waals surface area contributed by atoms with Crippen LogP contribution >= 0.6 is 22.7 Å². The predicted octanol–water partition coefficient (Wildman–Crippen LogP) is 5.36. The first kappa shape index (κ1) is 30.4. The van der Waals surface area contributed by atoms with Gasteiger partial charge in [-0.2, -0.15) is 9.13 Å². The summed E-state index contributed by atoms with van der Waals surface area (Å²) in [6.45, 7) is 4.58. The van der Waals surface area contributed by atoms with E-state index in [1.165, 1.54) is 74.0 Å². The Hall–Kier alpha value is -1.80. The van der Waals surface area contributed by atoms with Crippen LogP contribution in [0.25, 0.3) is 0 Å². The molecule has 0 saturated heterocycles. The van der Waals surface area contributed by atoms with Gasteiger partial charge in [-0.05, 0) is 39.5 Å². The summed E-state index contributed by atoms with van der Waals surface area (Å²) in [5.41, 5.74) is 6.41. The monoisotopic (exact) mass is 538 g/mol. The molecular weight excluding hydrogens is 492 g/mol. The zero-order chi connectivity index (χ0) is 26.2. The Morgan fingerprint density at radius 1 is 0.639 bits per heavy atom. The van der Waals surface area contributed by atoms with Gasteiger partial charge >= 0.3 is 11.9 Å². The highest BCUT2D eigenvalue weighted by Crippen LogP contribution is 2.19. The SMILES string of the molecule is CCOC(=O)Cc1c(CCCCCCCCCCCCc2sc[n+](C)c2CC(=O)OCC)sc[n+]1C. The van der Waals surface area contributed by atoms with Gasteiger partial charge in [-0.3, -0.25) is 9.59 Å². The summed E-state index contributed by atoms with van der Waals surface area (Å²) in [4.78, 5) is 26.4. The largest absolute Gasteiger partial charge is 0.466 e. The minimum Gasteiger partial charge on any atom is -0.466 e. The molecule has 6 nitrogen and oxygen atoms in total. The van der Waals surface area contributed by atoms with Crippen LogP contribution in [-0.4, -0.2) is 25.2 Å². The first-order valence-electron chi connectivity index (χ1n) is 13.7. The highest BCUT2D eigenvalue weighted by atomic mass is 32.1. The third kappa shape index (κ3) is 11.1. The van der Waals surface area contributed by atoms with Crippen LogP contribution in [0.15, 0.2) is 11.0 Å². The Morgan fingerprint density at radius 3 is 1.31 bits per heavy atom. The number of hydrogen-bond donors (Lipinski definition) is 0. The maximum absolute atomic E-state index is 11.9. The zero-order valence-corrected chi connectivity index (χ0v) is 24.4. The van der Waals surface area contributed by atoms with Gasteiger partial charge in [0.25, 0.3) is 0 Å². The molecule has 0 aliphatic heterocycles. The fourth-order valence-corrected chi connectivity index (χ4v) is 6.53. The molecule has 202 valence electrons. The normalized spacial score (nSPS) is 11.1. The Labute approximate surface area is 225 Å². The molecule has 0 fully saturated rings. The van der Waals surface area contributed by atoms with Crippen molar-refractivity contribution in [1.82, 2.24) is 0 Å². The molecule has 0 aliphatic carbocycles. The number of thiazole rings is 2. The molecule has 2 aromatic rings. The number of carbonyl (C=O) groups is 2. The molecule has 2 aromatic heterocycles. The lowest BCUT2D eigenvalue weighted by molar-refractivity contribution is -0.674. The van der Waals surface area contributed by atoms with E-state index in [1.807, 2.05) is 27.9 Å². The molecule has 0 saturated carbocycles. The first-order valence-corrected chi connectivity index (χ1v) is 15.4. The van der Waals surface area contributed by atoms with Crippen molar-refractivity contribution in [1.29, 1.82) is 0 Å². The van der Waals surface area contributed by atoms with E-state index in [1.54, 1.807) is 22.7 Å².